The number of hydrogen-bond donors (Lipinski definition) is 0. The fraction of sp³-hybridized carbons (Fsp3) is 0. The zero-order valence-electron chi connectivity index (χ0n) is 6.86. The lowest BCUT2D eigenvalue weighted by Gasteiger charge is -1.96. The van der Waals surface area contributed by atoms with Gasteiger partial charge in [0.1, 0.15) is 0 Å². The molecule has 0 N–H and O–H groups in total. The standard InChI is InChI=1S/C10H8O2P/c11-13-12-10-6-5-8-3-1-2-4-9(8)7-10/h1-7,13H/q+1. The first-order valence-corrected chi connectivity index (χ1v) is 4.74. The molecule has 2 nitrogen and oxygen atoms in total. The minimum absolute atomic E-state index is 0.645. The van der Waals surface area contributed by atoms with Crippen LogP contribution in [0.5, 0.6) is 5.75 Å². The zero-order valence-corrected chi connectivity index (χ0v) is 7.86. The average Bonchev–Trinajstić information content (AvgIpc) is 2.18. The molecule has 0 aliphatic carbocycles. The third-order valence-corrected chi connectivity index (χ3v) is 2.20. The molecule has 0 aliphatic rings. The number of hydrogen-bond acceptors (Lipinski definition) is 2. The van der Waals surface area contributed by atoms with Crippen LogP contribution in [0.3, 0.4) is 0 Å². The van der Waals surface area contributed by atoms with Crippen LogP contribution in [0.2, 0.25) is 0 Å². The molecule has 0 spiro atoms. The number of benzene rings is 2. The van der Waals surface area contributed by atoms with Crippen LogP contribution in [0.25, 0.3) is 10.8 Å². The Morgan fingerprint density at radius 2 is 1.77 bits per heavy atom. The van der Waals surface area contributed by atoms with Crippen molar-refractivity contribution in [2.75, 3.05) is 0 Å². The molecular formula is C10H8O2P+. The second-order valence-electron chi connectivity index (χ2n) is 2.69. The summed E-state index contributed by atoms with van der Waals surface area (Å²) in [5, 5.41) is 2.25. The summed E-state index contributed by atoms with van der Waals surface area (Å²) in [7, 11) is -0.744. The van der Waals surface area contributed by atoms with Gasteiger partial charge in [-0.1, -0.05) is 30.3 Å². The summed E-state index contributed by atoms with van der Waals surface area (Å²) in [5.74, 6) is 0.645. The molecule has 0 radical (unpaired) electrons. The van der Waals surface area contributed by atoms with E-state index in [4.69, 9.17) is 4.52 Å². The fourth-order valence-electron chi connectivity index (χ4n) is 1.28. The van der Waals surface area contributed by atoms with E-state index in [0.717, 1.165) is 10.8 Å². The Morgan fingerprint density at radius 1 is 1.00 bits per heavy atom. The molecule has 13 heavy (non-hydrogen) atoms. The van der Waals surface area contributed by atoms with E-state index in [-0.39, 0.29) is 0 Å². The molecule has 3 heteroatoms. The highest BCUT2D eigenvalue weighted by Crippen LogP contribution is 2.22. The van der Waals surface area contributed by atoms with E-state index in [1.54, 1.807) is 0 Å². The van der Waals surface area contributed by atoms with Gasteiger partial charge in [-0.15, -0.1) is 0 Å². The molecule has 2 aromatic carbocycles. The maximum absolute atomic E-state index is 10.2. The van der Waals surface area contributed by atoms with Crippen molar-refractivity contribution in [3.63, 3.8) is 0 Å². The number of rotatable bonds is 2. The van der Waals surface area contributed by atoms with Crippen LogP contribution in [-0.4, -0.2) is 0 Å². The van der Waals surface area contributed by atoms with E-state index in [9.17, 15) is 4.57 Å². The van der Waals surface area contributed by atoms with Crippen molar-refractivity contribution in [1.82, 2.24) is 0 Å². The van der Waals surface area contributed by atoms with Gasteiger partial charge >= 0.3 is 8.69 Å². The van der Waals surface area contributed by atoms with Crippen LogP contribution >= 0.6 is 8.69 Å². The Hall–Kier alpha value is -1.40. The third-order valence-electron chi connectivity index (χ3n) is 1.88. The molecule has 0 saturated heterocycles. The lowest BCUT2D eigenvalue weighted by atomic mass is 10.1. The molecule has 0 aliphatic heterocycles. The monoisotopic (exact) mass is 191 g/mol. The molecule has 0 fully saturated rings. The van der Waals surface area contributed by atoms with Gasteiger partial charge in [0.2, 0.25) is 0 Å². The third kappa shape index (κ3) is 1.68. The highest BCUT2D eigenvalue weighted by Gasteiger charge is 1.99. The van der Waals surface area contributed by atoms with Crippen LogP contribution in [-0.2, 0) is 4.57 Å². The largest absolute Gasteiger partial charge is 0.542 e. The quantitative estimate of drug-likeness (QED) is 0.681. The topological polar surface area (TPSA) is 26.3 Å². The van der Waals surface area contributed by atoms with Gasteiger partial charge < -0.3 is 0 Å². The SMILES string of the molecule is O=[PH+]Oc1ccc2ccccc2c1. The lowest BCUT2D eigenvalue weighted by molar-refractivity contribution is 0.525. The first kappa shape index (κ1) is 8.21. The second-order valence-corrected chi connectivity index (χ2v) is 3.07. The minimum Gasteiger partial charge on any atom is -0.256 e. The molecule has 0 bridgehead atoms. The van der Waals surface area contributed by atoms with Crippen LogP contribution in [0.1, 0.15) is 0 Å². The molecule has 1 atom stereocenters. The predicted molar refractivity (Wildman–Crippen MR) is 53.6 cm³/mol. The molecular weight excluding hydrogens is 183 g/mol. The highest BCUT2D eigenvalue weighted by molar-refractivity contribution is 7.17. The summed E-state index contributed by atoms with van der Waals surface area (Å²) in [5.41, 5.74) is 0. The average molecular weight is 191 g/mol. The summed E-state index contributed by atoms with van der Waals surface area (Å²) in [6, 6.07) is 13.6. The second kappa shape index (κ2) is 3.55. The first-order valence-electron chi connectivity index (χ1n) is 3.93. The number of fused-ring (bicyclic) bond motifs is 1. The Balaban J connectivity index is 2.55. The smallest absolute Gasteiger partial charge is 0.256 e. The summed E-state index contributed by atoms with van der Waals surface area (Å²) in [6.45, 7) is 0. The zero-order chi connectivity index (χ0) is 9.10. The van der Waals surface area contributed by atoms with Crippen LogP contribution in [0.15, 0.2) is 42.5 Å². The summed E-state index contributed by atoms with van der Waals surface area (Å²) in [4.78, 5) is 0. The molecule has 2 aromatic rings. The van der Waals surface area contributed by atoms with Crippen molar-refractivity contribution in [1.29, 1.82) is 0 Å². The van der Waals surface area contributed by atoms with Crippen molar-refractivity contribution < 1.29 is 9.09 Å². The van der Waals surface area contributed by atoms with Gasteiger partial charge in [0.25, 0.3) is 0 Å². The van der Waals surface area contributed by atoms with E-state index < -0.39 is 8.69 Å². The van der Waals surface area contributed by atoms with Crippen LogP contribution < -0.4 is 4.52 Å². The van der Waals surface area contributed by atoms with Gasteiger partial charge in [0.15, 0.2) is 5.75 Å². The van der Waals surface area contributed by atoms with E-state index in [1.165, 1.54) is 0 Å². The normalized spacial score (nSPS) is 10.5. The molecule has 0 aromatic heterocycles. The van der Waals surface area contributed by atoms with Gasteiger partial charge in [0, 0.05) is 0 Å². The molecule has 0 amide bonds. The first-order chi connectivity index (χ1) is 6.40. The van der Waals surface area contributed by atoms with Gasteiger partial charge in [-0.3, -0.25) is 4.52 Å². The Morgan fingerprint density at radius 3 is 2.54 bits per heavy atom. The Kier molecular flexibility index (Phi) is 2.24. The minimum atomic E-state index is -0.744. The van der Waals surface area contributed by atoms with Crippen molar-refractivity contribution >= 4 is 19.5 Å². The molecule has 2 rings (SSSR count). The molecule has 0 saturated carbocycles. The Labute approximate surface area is 77.4 Å². The lowest BCUT2D eigenvalue weighted by Crippen LogP contribution is -1.75. The predicted octanol–water partition coefficient (Wildman–Crippen LogP) is 3.16. The summed E-state index contributed by atoms with van der Waals surface area (Å²) in [6.07, 6.45) is 0. The van der Waals surface area contributed by atoms with Crippen molar-refractivity contribution in [3.05, 3.63) is 42.5 Å². The van der Waals surface area contributed by atoms with Gasteiger partial charge in [-0.05, 0) is 27.5 Å². The summed E-state index contributed by atoms with van der Waals surface area (Å²) < 4.78 is 15.1. The van der Waals surface area contributed by atoms with Crippen LogP contribution in [0.4, 0.5) is 0 Å². The van der Waals surface area contributed by atoms with Gasteiger partial charge in [-0.2, -0.15) is 0 Å². The summed E-state index contributed by atoms with van der Waals surface area (Å²) >= 11 is 0. The highest BCUT2D eigenvalue weighted by atomic mass is 31.1. The molecule has 1 unspecified atom stereocenters. The molecule has 0 heterocycles. The van der Waals surface area contributed by atoms with E-state index in [0.29, 0.717) is 5.75 Å². The van der Waals surface area contributed by atoms with E-state index in [2.05, 4.69) is 0 Å². The Bertz CT molecular complexity index is 440. The van der Waals surface area contributed by atoms with Gasteiger partial charge in [-0.25, -0.2) is 0 Å². The van der Waals surface area contributed by atoms with Crippen molar-refractivity contribution in [2.24, 2.45) is 0 Å². The van der Waals surface area contributed by atoms with E-state index in [1.807, 2.05) is 42.5 Å². The van der Waals surface area contributed by atoms with Gasteiger partial charge in [0.05, 0.1) is 0 Å². The van der Waals surface area contributed by atoms with Crippen molar-refractivity contribution in [2.45, 2.75) is 0 Å². The van der Waals surface area contributed by atoms with Crippen molar-refractivity contribution in [3.8, 4) is 5.75 Å². The maximum atomic E-state index is 10.2. The van der Waals surface area contributed by atoms with Crippen LogP contribution in [0, 0.1) is 0 Å². The fourth-order valence-corrected chi connectivity index (χ4v) is 1.50. The molecule has 64 valence electrons. The maximum Gasteiger partial charge on any atom is 0.542 e. The van der Waals surface area contributed by atoms with E-state index >= 15 is 0 Å².